The minimum atomic E-state index is -0.880. The van der Waals surface area contributed by atoms with E-state index in [1.807, 2.05) is 30.3 Å². The summed E-state index contributed by atoms with van der Waals surface area (Å²) in [5.41, 5.74) is 10.4. The van der Waals surface area contributed by atoms with E-state index in [-0.39, 0.29) is 30.6 Å². The van der Waals surface area contributed by atoms with Crippen LogP contribution in [0, 0.1) is 0 Å². The van der Waals surface area contributed by atoms with Crippen LogP contribution in [-0.2, 0) is 21.4 Å². The van der Waals surface area contributed by atoms with Crippen LogP contribution in [0.3, 0.4) is 0 Å². The summed E-state index contributed by atoms with van der Waals surface area (Å²) >= 11 is 0. The van der Waals surface area contributed by atoms with Gasteiger partial charge in [0.15, 0.2) is 0 Å². The number of nitrogens with one attached hydrogen (secondary N) is 1. The standard InChI is InChI=1S/C31H35N5O4/c1-31(2,3)23-10-12-24(13-11-23)36-29(19-27(35-36)22-6-4-16-33-20-22)40-17-5-7-28(38)34-30(39)26(32)18-21-8-14-25(37)15-9-21/h4,6,8-16,19-20,26,37H,5,7,17-18,32H2,1-3H3,(H,34,38,39)/t26-/m0/s1. The maximum absolute atomic E-state index is 12.4. The first-order valence-corrected chi connectivity index (χ1v) is 13.2. The molecule has 2 amide bonds. The topological polar surface area (TPSA) is 132 Å². The largest absolute Gasteiger partial charge is 0.508 e. The van der Waals surface area contributed by atoms with Crippen LogP contribution in [0.5, 0.6) is 11.6 Å². The lowest BCUT2D eigenvalue weighted by molar-refractivity contribution is -0.131. The van der Waals surface area contributed by atoms with E-state index in [2.05, 4.69) is 43.2 Å². The van der Waals surface area contributed by atoms with Crippen molar-refractivity contribution in [2.45, 2.75) is 51.5 Å². The van der Waals surface area contributed by atoms with Crippen molar-refractivity contribution in [3.63, 3.8) is 0 Å². The lowest BCUT2D eigenvalue weighted by Crippen LogP contribution is -2.44. The molecule has 9 heteroatoms. The number of imide groups is 1. The van der Waals surface area contributed by atoms with Gasteiger partial charge in [-0.25, -0.2) is 4.68 Å². The minimum absolute atomic E-state index is 0.0280. The smallest absolute Gasteiger partial charge is 0.243 e. The van der Waals surface area contributed by atoms with Gasteiger partial charge < -0.3 is 15.6 Å². The Hall–Kier alpha value is -4.50. The number of ether oxygens (including phenoxy) is 1. The quantitative estimate of drug-likeness (QED) is 0.255. The zero-order valence-electron chi connectivity index (χ0n) is 23.0. The number of carbonyl (C=O) groups excluding carboxylic acids is 2. The Labute approximate surface area is 234 Å². The number of pyridine rings is 1. The third-order valence-corrected chi connectivity index (χ3v) is 6.40. The van der Waals surface area contributed by atoms with E-state index in [0.29, 0.717) is 18.0 Å². The highest BCUT2D eigenvalue weighted by Crippen LogP contribution is 2.28. The first-order valence-electron chi connectivity index (χ1n) is 13.2. The second-order valence-corrected chi connectivity index (χ2v) is 10.7. The van der Waals surface area contributed by atoms with Crippen LogP contribution in [0.2, 0.25) is 0 Å². The maximum Gasteiger partial charge on any atom is 0.243 e. The molecule has 2 aromatic carbocycles. The molecule has 4 N–H and O–H groups in total. The number of benzene rings is 2. The van der Waals surface area contributed by atoms with Gasteiger partial charge >= 0.3 is 0 Å². The summed E-state index contributed by atoms with van der Waals surface area (Å²) in [5, 5.41) is 16.5. The molecule has 9 nitrogen and oxygen atoms in total. The van der Waals surface area contributed by atoms with Gasteiger partial charge in [0.2, 0.25) is 17.7 Å². The fourth-order valence-corrected chi connectivity index (χ4v) is 4.09. The predicted molar refractivity (Wildman–Crippen MR) is 153 cm³/mol. The summed E-state index contributed by atoms with van der Waals surface area (Å²) in [6, 6.07) is 19.3. The number of aromatic hydroxyl groups is 1. The lowest BCUT2D eigenvalue weighted by atomic mass is 9.87. The molecular formula is C31H35N5O4. The van der Waals surface area contributed by atoms with Crippen LogP contribution in [0.1, 0.15) is 44.7 Å². The van der Waals surface area contributed by atoms with Gasteiger partial charge in [0, 0.05) is 30.4 Å². The van der Waals surface area contributed by atoms with Gasteiger partial charge in [-0.1, -0.05) is 45.0 Å². The molecule has 4 aromatic rings. The summed E-state index contributed by atoms with van der Waals surface area (Å²) in [6.07, 6.45) is 4.19. The van der Waals surface area contributed by atoms with E-state index in [1.54, 1.807) is 29.2 Å². The lowest BCUT2D eigenvalue weighted by Gasteiger charge is -2.19. The number of rotatable bonds is 10. The Bertz CT molecular complexity index is 1430. The normalized spacial score (nSPS) is 12.1. The zero-order chi connectivity index (χ0) is 28.7. The Balaban J connectivity index is 1.36. The van der Waals surface area contributed by atoms with Crippen molar-refractivity contribution in [3.05, 3.63) is 90.3 Å². The van der Waals surface area contributed by atoms with Crippen molar-refractivity contribution in [3.8, 4) is 28.6 Å². The van der Waals surface area contributed by atoms with Crippen molar-refractivity contribution in [1.82, 2.24) is 20.1 Å². The average Bonchev–Trinajstić information content (AvgIpc) is 3.36. The van der Waals surface area contributed by atoms with Crippen molar-refractivity contribution < 1.29 is 19.4 Å². The van der Waals surface area contributed by atoms with Crippen molar-refractivity contribution in [2.24, 2.45) is 5.73 Å². The number of nitrogens with zero attached hydrogens (tertiary/aromatic N) is 3. The van der Waals surface area contributed by atoms with Crippen molar-refractivity contribution in [1.29, 1.82) is 0 Å². The van der Waals surface area contributed by atoms with Crippen LogP contribution in [-0.4, -0.2) is 44.3 Å². The molecule has 1 atom stereocenters. The van der Waals surface area contributed by atoms with E-state index in [0.717, 1.165) is 16.8 Å². The molecule has 208 valence electrons. The molecule has 0 bridgehead atoms. The number of nitrogens with two attached hydrogens (primary N) is 1. The average molecular weight is 542 g/mol. The second-order valence-electron chi connectivity index (χ2n) is 10.7. The fraction of sp³-hybridized carbons (Fsp3) is 0.290. The third-order valence-electron chi connectivity index (χ3n) is 6.40. The van der Waals surface area contributed by atoms with E-state index < -0.39 is 17.9 Å². The molecule has 2 heterocycles. The Morgan fingerprint density at radius 3 is 2.45 bits per heavy atom. The molecule has 0 fully saturated rings. The van der Waals surface area contributed by atoms with Gasteiger partial charge in [-0.3, -0.25) is 19.9 Å². The number of hydrogen-bond acceptors (Lipinski definition) is 7. The minimum Gasteiger partial charge on any atom is -0.508 e. The first kappa shape index (κ1) is 28.5. The number of amides is 2. The van der Waals surface area contributed by atoms with Crippen LogP contribution in [0.15, 0.2) is 79.1 Å². The second kappa shape index (κ2) is 12.6. The first-order chi connectivity index (χ1) is 19.1. The molecule has 4 rings (SSSR count). The molecule has 0 unspecified atom stereocenters. The molecule has 0 saturated heterocycles. The molecular weight excluding hydrogens is 506 g/mol. The molecule has 0 aliphatic rings. The highest BCUT2D eigenvalue weighted by molar-refractivity contribution is 5.97. The molecule has 2 aromatic heterocycles. The molecule has 0 saturated carbocycles. The highest BCUT2D eigenvalue weighted by atomic mass is 16.5. The SMILES string of the molecule is CC(C)(C)c1ccc(-n2nc(-c3cccnc3)cc2OCCCC(=O)NC(=O)[C@@H](N)Cc2ccc(O)cc2)cc1. The summed E-state index contributed by atoms with van der Waals surface area (Å²) in [6.45, 7) is 6.74. The zero-order valence-corrected chi connectivity index (χ0v) is 23.0. The van der Waals surface area contributed by atoms with Crippen LogP contribution < -0.4 is 15.8 Å². The van der Waals surface area contributed by atoms with Gasteiger partial charge in [0.1, 0.15) is 5.75 Å². The molecule has 40 heavy (non-hydrogen) atoms. The Kier molecular flexibility index (Phi) is 8.96. The van der Waals surface area contributed by atoms with Gasteiger partial charge in [0.05, 0.1) is 24.0 Å². The van der Waals surface area contributed by atoms with Crippen molar-refractivity contribution >= 4 is 11.8 Å². The monoisotopic (exact) mass is 541 g/mol. The maximum atomic E-state index is 12.4. The van der Waals surface area contributed by atoms with Gasteiger partial charge in [-0.15, -0.1) is 0 Å². The van der Waals surface area contributed by atoms with Crippen LogP contribution in [0.4, 0.5) is 0 Å². The number of carbonyl (C=O) groups is 2. The van der Waals surface area contributed by atoms with E-state index >= 15 is 0 Å². The number of hydrogen-bond donors (Lipinski definition) is 3. The van der Waals surface area contributed by atoms with E-state index in [9.17, 15) is 14.7 Å². The summed E-state index contributed by atoms with van der Waals surface area (Å²) in [4.78, 5) is 28.9. The fourth-order valence-electron chi connectivity index (χ4n) is 4.09. The Morgan fingerprint density at radius 1 is 1.07 bits per heavy atom. The van der Waals surface area contributed by atoms with E-state index in [4.69, 9.17) is 15.6 Å². The predicted octanol–water partition coefficient (Wildman–Crippen LogP) is 4.31. The summed E-state index contributed by atoms with van der Waals surface area (Å²) in [5.74, 6) is -0.294. The van der Waals surface area contributed by atoms with Crippen LogP contribution in [0.25, 0.3) is 16.9 Å². The molecule has 0 aliphatic heterocycles. The van der Waals surface area contributed by atoms with E-state index in [1.165, 1.54) is 17.7 Å². The number of phenols is 1. The highest BCUT2D eigenvalue weighted by Gasteiger charge is 2.18. The molecule has 0 radical (unpaired) electrons. The molecule has 0 spiro atoms. The molecule has 0 aliphatic carbocycles. The van der Waals surface area contributed by atoms with Crippen molar-refractivity contribution in [2.75, 3.05) is 6.61 Å². The van der Waals surface area contributed by atoms with Gasteiger partial charge in [-0.2, -0.15) is 5.10 Å². The third kappa shape index (κ3) is 7.54. The number of phenolic OH excluding ortho intramolecular Hbond substituents is 1. The summed E-state index contributed by atoms with van der Waals surface area (Å²) < 4.78 is 7.79. The van der Waals surface area contributed by atoms with Gasteiger partial charge in [0.25, 0.3) is 0 Å². The number of aromatic nitrogens is 3. The van der Waals surface area contributed by atoms with Gasteiger partial charge in [-0.05, 0) is 65.8 Å². The summed E-state index contributed by atoms with van der Waals surface area (Å²) in [7, 11) is 0. The Morgan fingerprint density at radius 2 is 1.80 bits per heavy atom. The van der Waals surface area contributed by atoms with Crippen LogP contribution >= 0.6 is 0 Å².